The van der Waals surface area contributed by atoms with Gasteiger partial charge in [-0.1, -0.05) is 11.6 Å². The third-order valence-electron chi connectivity index (χ3n) is 6.33. The second-order valence-electron chi connectivity index (χ2n) is 8.15. The van der Waals surface area contributed by atoms with Crippen LogP contribution in [0.3, 0.4) is 0 Å². The number of piperidine rings is 1. The molecular formula is C25H24ClN5O2. The van der Waals surface area contributed by atoms with Crippen LogP contribution in [0.15, 0.2) is 61.1 Å². The van der Waals surface area contributed by atoms with Gasteiger partial charge < -0.3 is 19.9 Å². The van der Waals surface area contributed by atoms with Gasteiger partial charge >= 0.3 is 6.03 Å². The van der Waals surface area contributed by atoms with Crippen LogP contribution in [0.4, 0.5) is 4.79 Å². The summed E-state index contributed by atoms with van der Waals surface area (Å²) in [6.45, 7) is 1.27. The van der Waals surface area contributed by atoms with Crippen LogP contribution in [0.1, 0.15) is 24.3 Å². The van der Waals surface area contributed by atoms with Crippen molar-refractivity contribution in [1.29, 1.82) is 0 Å². The van der Waals surface area contributed by atoms with Crippen molar-refractivity contribution < 1.29 is 9.53 Å². The number of hydrogen-bond acceptors (Lipinski definition) is 4. The molecule has 2 amide bonds. The van der Waals surface area contributed by atoms with Gasteiger partial charge in [-0.25, -0.2) is 9.78 Å². The molecule has 0 bridgehead atoms. The molecule has 0 radical (unpaired) electrons. The number of rotatable bonds is 4. The number of halogens is 1. The zero-order valence-electron chi connectivity index (χ0n) is 18.2. The Kier molecular flexibility index (Phi) is 5.64. The summed E-state index contributed by atoms with van der Waals surface area (Å²) in [7, 11) is 1.62. The molecule has 0 spiro atoms. The summed E-state index contributed by atoms with van der Waals surface area (Å²) < 4.78 is 7.65. The molecule has 1 aliphatic heterocycles. The van der Waals surface area contributed by atoms with E-state index in [-0.39, 0.29) is 11.9 Å². The molecule has 1 fully saturated rings. The molecule has 2 N–H and O–H groups in total. The first-order valence-corrected chi connectivity index (χ1v) is 11.2. The van der Waals surface area contributed by atoms with E-state index in [1.54, 1.807) is 18.2 Å². The first-order chi connectivity index (χ1) is 16.1. The fraction of sp³-hybridized carbons (Fsp3) is 0.240. The zero-order valence-corrected chi connectivity index (χ0v) is 19.0. The number of pyridine rings is 2. The van der Waals surface area contributed by atoms with E-state index in [1.165, 1.54) is 5.56 Å². The van der Waals surface area contributed by atoms with Crippen molar-refractivity contribution in [2.75, 3.05) is 20.2 Å². The minimum absolute atomic E-state index is 0.258. The lowest BCUT2D eigenvalue weighted by molar-refractivity contribution is 0.191. The molecule has 0 saturated carbocycles. The highest BCUT2D eigenvalue weighted by molar-refractivity contribution is 6.30. The largest absolute Gasteiger partial charge is 0.481 e. The van der Waals surface area contributed by atoms with Crippen LogP contribution in [0.25, 0.3) is 27.8 Å². The zero-order chi connectivity index (χ0) is 22.9. The molecule has 8 heteroatoms. The Morgan fingerprint density at radius 2 is 1.88 bits per heavy atom. The van der Waals surface area contributed by atoms with Crippen LogP contribution in [-0.4, -0.2) is 45.7 Å². The monoisotopic (exact) mass is 461 g/mol. The maximum Gasteiger partial charge on any atom is 0.314 e. The molecule has 4 heterocycles. The van der Waals surface area contributed by atoms with Crippen LogP contribution in [0.5, 0.6) is 5.88 Å². The Morgan fingerprint density at radius 1 is 1.12 bits per heavy atom. The lowest BCUT2D eigenvalue weighted by Crippen LogP contribution is -2.41. The number of nitrogens with zero attached hydrogens (tertiary/aromatic N) is 4. The van der Waals surface area contributed by atoms with Crippen molar-refractivity contribution in [3.8, 4) is 22.8 Å². The quantitative estimate of drug-likeness (QED) is 0.463. The van der Waals surface area contributed by atoms with Gasteiger partial charge in [-0.2, -0.15) is 0 Å². The molecule has 1 aromatic carbocycles. The van der Waals surface area contributed by atoms with Crippen molar-refractivity contribution >= 4 is 28.5 Å². The van der Waals surface area contributed by atoms with Crippen LogP contribution >= 0.6 is 11.6 Å². The third kappa shape index (κ3) is 3.89. The number of primary amides is 1. The highest BCUT2D eigenvalue weighted by Gasteiger charge is 2.30. The summed E-state index contributed by atoms with van der Waals surface area (Å²) >= 11 is 6.19. The number of ether oxygens (including phenoxy) is 1. The number of amides is 2. The smallest absolute Gasteiger partial charge is 0.314 e. The molecule has 33 heavy (non-hydrogen) atoms. The minimum Gasteiger partial charge on any atom is -0.481 e. The number of likely N-dealkylation sites (tertiary alicyclic amines) is 1. The Hall–Kier alpha value is -3.58. The van der Waals surface area contributed by atoms with E-state index in [0.717, 1.165) is 40.7 Å². The first kappa shape index (κ1) is 21.3. The van der Waals surface area contributed by atoms with Gasteiger partial charge in [-0.05, 0) is 60.7 Å². The molecule has 1 saturated heterocycles. The van der Waals surface area contributed by atoms with Gasteiger partial charge in [0.15, 0.2) is 0 Å². The Balaban J connectivity index is 1.77. The molecule has 5 rings (SSSR count). The normalized spacial score (nSPS) is 14.5. The number of fused-ring (bicyclic) bond motifs is 1. The second kappa shape index (κ2) is 8.75. The van der Waals surface area contributed by atoms with Crippen molar-refractivity contribution in [3.63, 3.8) is 0 Å². The lowest BCUT2D eigenvalue weighted by Gasteiger charge is -2.31. The van der Waals surface area contributed by atoms with E-state index in [0.29, 0.717) is 24.0 Å². The average molecular weight is 462 g/mol. The lowest BCUT2D eigenvalue weighted by atomic mass is 9.86. The maximum absolute atomic E-state index is 11.7. The summed E-state index contributed by atoms with van der Waals surface area (Å²) in [5, 5.41) is 1.82. The molecule has 0 aliphatic carbocycles. The number of benzene rings is 1. The number of hydrogen-bond donors (Lipinski definition) is 1. The molecule has 1 aliphatic rings. The van der Waals surface area contributed by atoms with Crippen molar-refractivity contribution in [2.24, 2.45) is 5.73 Å². The van der Waals surface area contributed by atoms with E-state index in [9.17, 15) is 4.79 Å². The Labute approximate surface area is 196 Å². The number of aromatic nitrogens is 3. The first-order valence-electron chi connectivity index (χ1n) is 10.9. The van der Waals surface area contributed by atoms with Gasteiger partial charge in [0.25, 0.3) is 0 Å². The third-order valence-corrected chi connectivity index (χ3v) is 6.58. The second-order valence-corrected chi connectivity index (χ2v) is 8.59. The fourth-order valence-corrected chi connectivity index (χ4v) is 4.90. The number of urea groups is 1. The molecule has 3 aromatic heterocycles. The van der Waals surface area contributed by atoms with Crippen LogP contribution < -0.4 is 10.5 Å². The van der Waals surface area contributed by atoms with E-state index >= 15 is 0 Å². The predicted octanol–water partition coefficient (Wildman–Crippen LogP) is 5.01. The van der Waals surface area contributed by atoms with Crippen molar-refractivity contribution in [2.45, 2.75) is 18.8 Å². The summed E-state index contributed by atoms with van der Waals surface area (Å²) in [6, 6.07) is 13.5. The summed E-state index contributed by atoms with van der Waals surface area (Å²) in [5.74, 6) is 0.807. The van der Waals surface area contributed by atoms with E-state index in [2.05, 4.69) is 20.6 Å². The van der Waals surface area contributed by atoms with Crippen LogP contribution in [-0.2, 0) is 0 Å². The van der Waals surface area contributed by atoms with Crippen molar-refractivity contribution in [1.82, 2.24) is 19.4 Å². The van der Waals surface area contributed by atoms with Crippen LogP contribution in [0.2, 0.25) is 5.02 Å². The molecule has 0 atom stereocenters. The molecule has 0 unspecified atom stereocenters. The highest BCUT2D eigenvalue weighted by atomic mass is 35.5. The van der Waals surface area contributed by atoms with Gasteiger partial charge in [0.1, 0.15) is 0 Å². The van der Waals surface area contributed by atoms with Gasteiger partial charge in [-0.3, -0.25) is 4.98 Å². The maximum atomic E-state index is 11.7. The van der Waals surface area contributed by atoms with Gasteiger partial charge in [0, 0.05) is 53.2 Å². The molecular weight excluding hydrogens is 438 g/mol. The van der Waals surface area contributed by atoms with Gasteiger partial charge in [0.05, 0.1) is 24.5 Å². The predicted molar refractivity (Wildman–Crippen MR) is 129 cm³/mol. The van der Waals surface area contributed by atoms with E-state index in [4.69, 9.17) is 22.1 Å². The fourth-order valence-electron chi connectivity index (χ4n) is 4.77. The van der Waals surface area contributed by atoms with Gasteiger partial charge in [-0.15, -0.1) is 0 Å². The number of carbonyl (C=O) groups excluding carboxylic acids is 1. The number of nitrogens with two attached hydrogens (primary N) is 1. The summed E-state index contributed by atoms with van der Waals surface area (Å²) in [6.07, 6.45) is 7.15. The highest BCUT2D eigenvalue weighted by Crippen LogP contribution is 2.44. The van der Waals surface area contributed by atoms with E-state index < -0.39 is 0 Å². The van der Waals surface area contributed by atoms with Gasteiger partial charge in [0.2, 0.25) is 5.88 Å². The summed E-state index contributed by atoms with van der Waals surface area (Å²) in [5.41, 5.74) is 10.8. The number of carbonyl (C=O) groups is 1. The standard InChI is InChI=1S/C25H24ClN5O2/c1-33-22-14-17(6-11-29-22)24-23(16-8-12-30(13-9-16)25(27)32)20-7-10-28-15-21(20)31(24)19-4-2-18(26)3-5-19/h2-7,10-11,14-16H,8-9,12-13H2,1H3,(H2,27,32). The average Bonchev–Trinajstić information content (AvgIpc) is 3.20. The topological polar surface area (TPSA) is 86.3 Å². The van der Waals surface area contributed by atoms with E-state index in [1.807, 2.05) is 48.8 Å². The Bertz CT molecular complexity index is 1310. The summed E-state index contributed by atoms with van der Waals surface area (Å²) in [4.78, 5) is 22.1. The minimum atomic E-state index is -0.361. The number of methoxy groups -OCH3 is 1. The molecule has 168 valence electrons. The molecule has 7 nitrogen and oxygen atoms in total. The Morgan fingerprint density at radius 3 is 2.58 bits per heavy atom. The van der Waals surface area contributed by atoms with Crippen molar-refractivity contribution in [3.05, 3.63) is 71.6 Å². The SMILES string of the molecule is COc1cc(-c2c(C3CCN(C(N)=O)CC3)c3ccncc3n2-c2ccc(Cl)cc2)ccn1. The molecule has 4 aromatic rings. The van der Waals surface area contributed by atoms with Crippen LogP contribution in [0, 0.1) is 0 Å².